The maximum absolute atomic E-state index is 12.7. The van der Waals surface area contributed by atoms with Crippen LogP contribution in [0.25, 0.3) is 44.0 Å². The van der Waals surface area contributed by atoms with Crippen molar-refractivity contribution in [2.24, 2.45) is 37.6 Å². The van der Waals surface area contributed by atoms with Crippen molar-refractivity contribution in [1.29, 1.82) is 0 Å². The van der Waals surface area contributed by atoms with Crippen LogP contribution in [0.2, 0.25) is 30.1 Å². The monoisotopic (exact) mass is 1530 g/mol. The van der Waals surface area contributed by atoms with Crippen LogP contribution < -0.4 is 54.7 Å². The molecule has 0 fully saturated rings. The molecule has 0 radical (unpaired) electrons. The zero-order chi connectivity index (χ0) is 64.5. The number of carbonyl (C=O) groups is 2. The zero-order valence-electron chi connectivity index (χ0n) is 46.9. The predicted molar refractivity (Wildman–Crippen MR) is 363 cm³/mol. The van der Waals surface area contributed by atoms with E-state index >= 15 is 0 Å². The van der Waals surface area contributed by atoms with Gasteiger partial charge in [0.25, 0.3) is 17.4 Å². The molecule has 0 unspecified atom stereocenters. The van der Waals surface area contributed by atoms with Gasteiger partial charge in [0.2, 0.25) is 23.8 Å². The van der Waals surface area contributed by atoms with E-state index in [0.717, 1.165) is 0 Å². The molecule has 13 N–H and O–H groups in total. The third kappa shape index (κ3) is 16.4. The third-order valence-corrected chi connectivity index (χ3v) is 14.5. The van der Waals surface area contributed by atoms with Gasteiger partial charge in [-0.25, -0.2) is 24.9 Å². The van der Waals surface area contributed by atoms with Gasteiger partial charge in [-0.2, -0.15) is 0 Å². The fourth-order valence-electron chi connectivity index (χ4n) is 8.38. The van der Waals surface area contributed by atoms with Crippen molar-refractivity contribution in [3.63, 3.8) is 0 Å². The van der Waals surface area contributed by atoms with Crippen LogP contribution in [0.4, 0.5) is 52.2 Å². The van der Waals surface area contributed by atoms with Crippen LogP contribution in [0.1, 0.15) is 20.7 Å². The van der Waals surface area contributed by atoms with Gasteiger partial charge in [0.1, 0.15) is 0 Å². The van der Waals surface area contributed by atoms with Crippen molar-refractivity contribution in [3.8, 4) is 0 Å². The van der Waals surface area contributed by atoms with Crippen LogP contribution in [0, 0.1) is 0 Å². The Kier molecular flexibility index (Phi) is 25.4. The molecule has 4 aromatic heterocycles. The summed E-state index contributed by atoms with van der Waals surface area (Å²) in [7, 11) is 5.31. The van der Waals surface area contributed by atoms with Crippen LogP contribution in [-0.4, -0.2) is 80.3 Å². The molecular formula is C57H52Cl6HgN18O4S2. The summed E-state index contributed by atoms with van der Waals surface area (Å²) in [5.74, 6) is 0.573. The van der Waals surface area contributed by atoms with Gasteiger partial charge in [-0.1, -0.05) is 106 Å². The number of aliphatic imine (C=N–C) groups is 1. The van der Waals surface area contributed by atoms with Crippen LogP contribution in [0.15, 0.2) is 139 Å². The van der Waals surface area contributed by atoms with E-state index in [9.17, 15) is 14.4 Å². The topological polar surface area (TPSA) is 313 Å². The van der Waals surface area contributed by atoms with Crippen molar-refractivity contribution in [1.82, 2.24) is 43.9 Å². The van der Waals surface area contributed by atoms with E-state index < -0.39 is 11.8 Å². The number of aromatic amines is 1. The molecule has 0 atom stereocenters. The summed E-state index contributed by atoms with van der Waals surface area (Å²) >= 11 is 46.6. The number of imidazole rings is 3. The first-order valence-electron chi connectivity index (χ1n) is 25.4. The van der Waals surface area contributed by atoms with Crippen LogP contribution in [-0.2, 0) is 49.9 Å². The van der Waals surface area contributed by atoms with Crippen molar-refractivity contribution in [2.75, 3.05) is 52.0 Å². The second kappa shape index (κ2) is 32.3. The Morgan fingerprint density at radius 1 is 0.625 bits per heavy atom. The predicted octanol–water partition coefficient (Wildman–Crippen LogP) is 13.1. The number of carbonyl (C=O) groups excluding carboxylic acids is 2. The number of thiocarbonyl (C=S) groups is 2. The normalized spacial score (nSPS) is 10.4. The molecule has 22 nitrogen and oxygen atoms in total. The molecule has 2 amide bonds. The van der Waals surface area contributed by atoms with E-state index in [0.29, 0.717) is 151 Å². The first-order valence-corrected chi connectivity index (χ1v) is 30.8. The van der Waals surface area contributed by atoms with Gasteiger partial charge in [0.15, 0.2) is 5.11 Å². The van der Waals surface area contributed by atoms with Crippen LogP contribution in [0.3, 0.4) is 0 Å². The van der Waals surface area contributed by atoms with Gasteiger partial charge in [-0.3, -0.25) is 19.4 Å². The minimum atomic E-state index is -0.616. The summed E-state index contributed by atoms with van der Waals surface area (Å²) in [6, 6.07) is 26.0. The van der Waals surface area contributed by atoms with Crippen molar-refractivity contribution in [3.05, 3.63) is 181 Å². The molecule has 0 saturated carbocycles. The second-order valence-corrected chi connectivity index (χ2v) is 20.9. The first kappa shape index (κ1) is 69.1. The summed E-state index contributed by atoms with van der Waals surface area (Å²) in [6.07, 6.45) is 5.02. The van der Waals surface area contributed by atoms with Gasteiger partial charge >= 0.3 is 28.8 Å². The third-order valence-electron chi connectivity index (χ3n) is 12.3. The molecule has 0 aliphatic rings. The number of hydrogen-bond acceptors (Lipinski definition) is 16. The minimum absolute atomic E-state index is 0.222. The zero-order valence-corrected chi connectivity index (χ0v) is 58.5. The molecule has 0 aliphatic carbocycles. The number of isothiocyanates is 1. The van der Waals surface area contributed by atoms with Gasteiger partial charge < -0.3 is 62.8 Å². The number of primary amides is 2. The van der Waals surface area contributed by atoms with E-state index in [-0.39, 0.29) is 42.8 Å². The molecule has 10 rings (SSSR count). The number of rotatable bonds is 16. The molecule has 31 heteroatoms. The number of amides is 2. The van der Waals surface area contributed by atoms with E-state index in [1.807, 2.05) is 13.1 Å². The Labute approximate surface area is 560 Å². The summed E-state index contributed by atoms with van der Waals surface area (Å²) < 4.78 is 13.6. The standard InChI is InChI=1S/C19H18Cl2N6OS.C19H16Cl2N6O.C15H13Cl2N5O.C4H5NS.Hg.O/c1-3-9-23-19(29)25-12-7-8-13-16(14(12)17(22)28)27(2)18(24-13)26-15-10(20)5-4-6-11(15)21;1-3-9-22-18-23-12-7-8-13-16(14(12)17(28)26-18)27(2)19(24-13)25-15-10(20)5-4-6-11(15)21;1-22-13-10(6-5-9(18)11(13)14(19)23)20-15(22)21-12-7(16)3-2-4-8(12)17;1-2-3-5-4-6;;/h3-8H,1,9H2,2H3,(H2,22,28)(H,24,26)(H2,23,25,29);3-8H,1,9H2,2H3,(H,24,25)(H2,22,23,26,28);2-6H,18H2,1H3,(H2,19,23)(H,20,21);2H,1,3H2;;. The molecule has 6 aromatic carbocycles. The van der Waals surface area contributed by atoms with E-state index in [1.165, 1.54) is 0 Å². The fraction of sp³-hybridized carbons (Fsp3) is 0.105. The van der Waals surface area contributed by atoms with Crippen LogP contribution >= 0.6 is 94.0 Å². The number of anilines is 9. The van der Waals surface area contributed by atoms with Gasteiger partial charge in [0, 0.05) is 39.9 Å². The number of nitrogens with zero attached hydrogens (tertiary/aromatic N) is 8. The van der Waals surface area contributed by atoms with Crippen molar-refractivity contribution in [2.45, 2.75) is 0 Å². The first-order chi connectivity index (χ1) is 42.1. The van der Waals surface area contributed by atoms with Crippen molar-refractivity contribution < 1.29 is 38.4 Å². The number of nitrogens with two attached hydrogens (primary N) is 3. The molecule has 0 spiro atoms. The van der Waals surface area contributed by atoms with E-state index in [2.05, 4.69) is 98.9 Å². The van der Waals surface area contributed by atoms with Gasteiger partial charge in [0.05, 0.1) is 120 Å². The Bertz CT molecular complexity index is 4380. The van der Waals surface area contributed by atoms with Gasteiger partial charge in [-0.15, -0.1) is 19.7 Å². The molecule has 88 heavy (non-hydrogen) atoms. The number of para-hydroxylation sites is 3. The quantitative estimate of drug-likeness (QED) is 0.0141. The second-order valence-electron chi connectivity index (χ2n) is 17.9. The number of aryl methyl sites for hydroxylation is 3. The van der Waals surface area contributed by atoms with Crippen molar-refractivity contribution >= 4 is 212 Å². The Morgan fingerprint density at radius 3 is 1.45 bits per heavy atom. The van der Waals surface area contributed by atoms with E-state index in [1.54, 1.807) is 131 Å². The maximum atomic E-state index is 12.7. The molecule has 450 valence electrons. The summed E-state index contributed by atoms with van der Waals surface area (Å²) in [5, 5.41) is 24.0. The molecule has 0 bridgehead atoms. The number of benzene rings is 6. The number of halogens is 6. The number of nitrogen functional groups attached to an aromatic ring is 1. The molecule has 0 saturated heterocycles. The molecular weight excluding hydrogens is 1480 g/mol. The summed E-state index contributed by atoms with van der Waals surface area (Å²) in [5.41, 5.74) is 23.7. The number of hydrogen-bond donors (Lipinski definition) is 10. The fourth-order valence-corrected chi connectivity index (χ4v) is 10.1. The number of aromatic nitrogens is 8. The summed E-state index contributed by atoms with van der Waals surface area (Å²) in [4.78, 5) is 61.0. The number of fused-ring (bicyclic) bond motifs is 5. The average Bonchev–Trinajstić information content (AvgIpc) is 1.76. The van der Waals surface area contributed by atoms with Gasteiger partial charge in [-0.05, 0) is 97.2 Å². The Hall–Kier alpha value is -8.00. The molecule has 10 aromatic rings. The Morgan fingerprint density at radius 2 is 1.03 bits per heavy atom. The summed E-state index contributed by atoms with van der Waals surface area (Å²) in [6.45, 7) is 12.3. The van der Waals surface area contributed by atoms with E-state index in [4.69, 9.17) is 102 Å². The SMILES string of the molecule is C=CCN=C=S.C=CCNC(=S)Nc1ccc2nc(Nc3c(Cl)cccc3Cl)n(C)c2c1C(N)=O.C=CCNc1nc2ccc3nc(Nc4c(Cl)cccc4Cl)n(C)c3c2c(=O)[nH]1.Cn1c(Nc2c(Cl)cccc2Cl)nc2ccc(N)c(C(N)=O)c21.[O]=[Hg]. The average molecular weight is 1530 g/mol. The number of H-pyrrole nitrogens is 1. The molecule has 4 heterocycles. The molecule has 0 aliphatic heterocycles. The Balaban J connectivity index is 0.000000199. The van der Waals surface area contributed by atoms with Crippen LogP contribution in [0.5, 0.6) is 0 Å². The number of nitrogens with one attached hydrogen (secondary N) is 7.